The Hall–Kier alpha value is -1.82. The van der Waals surface area contributed by atoms with Crippen molar-refractivity contribution in [1.82, 2.24) is 9.97 Å². The third kappa shape index (κ3) is 2.38. The first-order valence-electron chi connectivity index (χ1n) is 5.25. The van der Waals surface area contributed by atoms with E-state index in [2.05, 4.69) is 25.9 Å². The molecule has 1 aromatic heterocycles. The SMILES string of the molecule is CN(C)c1ccc(-c2nc(C(=O)O)c(Br)[nH]2)cc1. The van der Waals surface area contributed by atoms with Crippen LogP contribution in [0, 0.1) is 0 Å². The highest BCUT2D eigenvalue weighted by Crippen LogP contribution is 2.23. The Labute approximate surface area is 113 Å². The molecule has 0 aliphatic rings. The number of nitrogens with one attached hydrogen (secondary N) is 1. The normalized spacial score (nSPS) is 10.4. The van der Waals surface area contributed by atoms with Crippen LogP contribution < -0.4 is 4.90 Å². The lowest BCUT2D eigenvalue weighted by Crippen LogP contribution is -2.07. The van der Waals surface area contributed by atoms with Gasteiger partial charge in [-0.3, -0.25) is 0 Å². The van der Waals surface area contributed by atoms with Crippen molar-refractivity contribution in [1.29, 1.82) is 0 Å². The zero-order valence-electron chi connectivity index (χ0n) is 9.94. The molecule has 0 aliphatic heterocycles. The Bertz CT molecular complexity index is 576. The highest BCUT2D eigenvalue weighted by atomic mass is 79.9. The van der Waals surface area contributed by atoms with E-state index in [1.165, 1.54) is 0 Å². The largest absolute Gasteiger partial charge is 0.476 e. The quantitative estimate of drug-likeness (QED) is 0.914. The number of hydrogen-bond acceptors (Lipinski definition) is 3. The Kier molecular flexibility index (Phi) is 3.38. The molecule has 0 amide bonds. The van der Waals surface area contributed by atoms with E-state index in [0.29, 0.717) is 10.4 Å². The van der Waals surface area contributed by atoms with Crippen LogP contribution in [0.3, 0.4) is 0 Å². The van der Waals surface area contributed by atoms with Crippen LogP contribution in [-0.4, -0.2) is 35.1 Å². The first-order valence-corrected chi connectivity index (χ1v) is 6.05. The van der Waals surface area contributed by atoms with Crippen molar-refractivity contribution < 1.29 is 9.90 Å². The fourth-order valence-electron chi connectivity index (χ4n) is 1.55. The molecular formula is C12H12BrN3O2. The topological polar surface area (TPSA) is 69.2 Å². The summed E-state index contributed by atoms with van der Waals surface area (Å²) in [4.78, 5) is 19.8. The molecule has 0 fully saturated rings. The molecular weight excluding hydrogens is 298 g/mol. The van der Waals surface area contributed by atoms with Gasteiger partial charge in [0, 0.05) is 25.3 Å². The molecule has 1 aromatic carbocycles. The fourth-order valence-corrected chi connectivity index (χ4v) is 1.99. The average Bonchev–Trinajstić information content (AvgIpc) is 2.71. The van der Waals surface area contributed by atoms with Crippen molar-refractivity contribution in [2.24, 2.45) is 0 Å². The number of aromatic nitrogens is 2. The van der Waals surface area contributed by atoms with E-state index in [1.54, 1.807) is 0 Å². The Morgan fingerprint density at radius 1 is 1.33 bits per heavy atom. The number of halogens is 1. The molecule has 0 bridgehead atoms. The maximum atomic E-state index is 10.9. The number of nitrogens with zero attached hydrogens (tertiary/aromatic N) is 2. The molecule has 18 heavy (non-hydrogen) atoms. The molecule has 1 heterocycles. The molecule has 0 unspecified atom stereocenters. The second-order valence-corrected chi connectivity index (χ2v) is 4.79. The highest BCUT2D eigenvalue weighted by Gasteiger charge is 2.15. The summed E-state index contributed by atoms with van der Waals surface area (Å²) in [5, 5.41) is 8.92. The number of imidazole rings is 1. The zero-order chi connectivity index (χ0) is 13.3. The van der Waals surface area contributed by atoms with E-state index in [4.69, 9.17) is 5.11 Å². The number of anilines is 1. The Balaban J connectivity index is 2.37. The van der Waals surface area contributed by atoms with Crippen molar-refractivity contribution in [3.05, 3.63) is 34.6 Å². The van der Waals surface area contributed by atoms with Crippen molar-refractivity contribution in [2.75, 3.05) is 19.0 Å². The number of rotatable bonds is 3. The summed E-state index contributed by atoms with van der Waals surface area (Å²) >= 11 is 3.15. The summed E-state index contributed by atoms with van der Waals surface area (Å²) in [6.45, 7) is 0. The molecule has 2 rings (SSSR count). The minimum absolute atomic E-state index is 0.0123. The number of carboxylic acid groups (broad SMARTS) is 1. The summed E-state index contributed by atoms with van der Waals surface area (Å²) in [5.74, 6) is -0.529. The third-order valence-electron chi connectivity index (χ3n) is 2.52. The number of hydrogen-bond donors (Lipinski definition) is 2. The van der Waals surface area contributed by atoms with Gasteiger partial charge in [-0.2, -0.15) is 0 Å². The zero-order valence-corrected chi connectivity index (χ0v) is 11.5. The highest BCUT2D eigenvalue weighted by molar-refractivity contribution is 9.10. The van der Waals surface area contributed by atoms with Crippen LogP contribution >= 0.6 is 15.9 Å². The second kappa shape index (κ2) is 4.81. The van der Waals surface area contributed by atoms with Gasteiger partial charge in [0.1, 0.15) is 10.4 Å². The van der Waals surface area contributed by atoms with E-state index in [-0.39, 0.29) is 5.69 Å². The van der Waals surface area contributed by atoms with Crippen molar-refractivity contribution in [3.63, 3.8) is 0 Å². The Morgan fingerprint density at radius 3 is 2.39 bits per heavy atom. The molecule has 5 nitrogen and oxygen atoms in total. The number of H-pyrrole nitrogens is 1. The number of aromatic carboxylic acids is 1. The van der Waals surface area contributed by atoms with E-state index >= 15 is 0 Å². The van der Waals surface area contributed by atoms with Crippen LogP contribution in [0.25, 0.3) is 11.4 Å². The maximum Gasteiger partial charge on any atom is 0.357 e. The summed E-state index contributed by atoms with van der Waals surface area (Å²) in [5.41, 5.74) is 1.90. The van der Waals surface area contributed by atoms with Gasteiger partial charge < -0.3 is 15.0 Å². The molecule has 0 atom stereocenters. The summed E-state index contributed by atoms with van der Waals surface area (Å²) in [6, 6.07) is 7.69. The maximum absolute atomic E-state index is 10.9. The summed E-state index contributed by atoms with van der Waals surface area (Å²) in [7, 11) is 3.92. The van der Waals surface area contributed by atoms with Crippen LogP contribution in [-0.2, 0) is 0 Å². The molecule has 2 N–H and O–H groups in total. The lowest BCUT2D eigenvalue weighted by molar-refractivity contribution is 0.0690. The number of benzene rings is 1. The van der Waals surface area contributed by atoms with Gasteiger partial charge in [-0.1, -0.05) is 0 Å². The number of carboxylic acids is 1. The molecule has 0 saturated heterocycles. The molecule has 0 spiro atoms. The molecule has 6 heteroatoms. The van der Waals surface area contributed by atoms with Crippen LogP contribution in [0.4, 0.5) is 5.69 Å². The van der Waals surface area contributed by atoms with E-state index in [1.807, 2.05) is 43.3 Å². The fraction of sp³-hybridized carbons (Fsp3) is 0.167. The summed E-state index contributed by atoms with van der Waals surface area (Å²) in [6.07, 6.45) is 0. The minimum atomic E-state index is -1.06. The van der Waals surface area contributed by atoms with Gasteiger partial charge in [0.2, 0.25) is 0 Å². The van der Waals surface area contributed by atoms with Gasteiger partial charge in [-0.25, -0.2) is 9.78 Å². The lowest BCUT2D eigenvalue weighted by Gasteiger charge is -2.11. The minimum Gasteiger partial charge on any atom is -0.476 e. The first-order chi connectivity index (χ1) is 8.49. The van der Waals surface area contributed by atoms with Crippen LogP contribution in [0.5, 0.6) is 0 Å². The van der Waals surface area contributed by atoms with Gasteiger partial charge in [0.05, 0.1) is 0 Å². The Morgan fingerprint density at radius 2 is 1.94 bits per heavy atom. The molecule has 0 saturated carbocycles. The molecule has 0 aliphatic carbocycles. The van der Waals surface area contributed by atoms with Crippen LogP contribution in [0.1, 0.15) is 10.5 Å². The third-order valence-corrected chi connectivity index (χ3v) is 3.09. The van der Waals surface area contributed by atoms with Gasteiger partial charge in [-0.15, -0.1) is 0 Å². The second-order valence-electron chi connectivity index (χ2n) is 3.99. The molecule has 2 aromatic rings. The van der Waals surface area contributed by atoms with E-state index in [0.717, 1.165) is 11.3 Å². The van der Waals surface area contributed by atoms with Crippen LogP contribution in [0.15, 0.2) is 28.9 Å². The average molecular weight is 310 g/mol. The van der Waals surface area contributed by atoms with E-state index in [9.17, 15) is 4.79 Å². The predicted molar refractivity (Wildman–Crippen MR) is 73.0 cm³/mol. The predicted octanol–water partition coefficient (Wildman–Crippen LogP) is 2.60. The first kappa shape index (κ1) is 12.6. The smallest absolute Gasteiger partial charge is 0.357 e. The van der Waals surface area contributed by atoms with Gasteiger partial charge >= 0.3 is 5.97 Å². The standard InChI is InChI=1S/C12H12BrN3O2/c1-16(2)8-5-3-7(4-6-8)11-14-9(12(17)18)10(13)15-11/h3-6H,1-2H3,(H,14,15)(H,17,18). The van der Waals surface area contributed by atoms with Gasteiger partial charge in [0.15, 0.2) is 5.69 Å². The van der Waals surface area contributed by atoms with Crippen LogP contribution in [0.2, 0.25) is 0 Å². The molecule has 0 radical (unpaired) electrons. The summed E-state index contributed by atoms with van der Waals surface area (Å²) < 4.78 is 0.377. The van der Waals surface area contributed by atoms with Gasteiger partial charge in [0.25, 0.3) is 0 Å². The van der Waals surface area contributed by atoms with Crippen molar-refractivity contribution >= 4 is 27.6 Å². The van der Waals surface area contributed by atoms with Crippen molar-refractivity contribution in [3.8, 4) is 11.4 Å². The van der Waals surface area contributed by atoms with Gasteiger partial charge in [-0.05, 0) is 40.2 Å². The lowest BCUT2D eigenvalue weighted by atomic mass is 10.2. The van der Waals surface area contributed by atoms with Crippen molar-refractivity contribution in [2.45, 2.75) is 0 Å². The number of carbonyl (C=O) groups is 1. The molecule has 94 valence electrons. The number of aromatic amines is 1. The van der Waals surface area contributed by atoms with E-state index < -0.39 is 5.97 Å². The monoisotopic (exact) mass is 309 g/mol.